The van der Waals surface area contributed by atoms with Crippen LogP contribution in [0.3, 0.4) is 0 Å². The number of halogens is 1. The maximum atomic E-state index is 13.4. The molecule has 1 unspecified atom stereocenters. The standard InChI is InChI=1S/C20H19FN2O2/c21-19-7-6-16(11-18(19)12-22)10-17-8-9-23(13-17)20(24)25-14-15-4-2-1-3-5-15/h1-7,11,17H,8-10,13-14H2. The summed E-state index contributed by atoms with van der Waals surface area (Å²) in [5.74, 6) is -0.204. The second-order valence-electron chi connectivity index (χ2n) is 6.27. The third kappa shape index (κ3) is 4.36. The lowest BCUT2D eigenvalue weighted by Gasteiger charge is -2.16. The Labute approximate surface area is 146 Å². The third-order valence-corrected chi connectivity index (χ3v) is 4.42. The number of rotatable bonds is 4. The topological polar surface area (TPSA) is 53.3 Å². The van der Waals surface area contributed by atoms with Gasteiger partial charge in [0.1, 0.15) is 18.5 Å². The van der Waals surface area contributed by atoms with Gasteiger partial charge in [-0.25, -0.2) is 9.18 Å². The Morgan fingerprint density at radius 3 is 2.80 bits per heavy atom. The number of hydrogen-bond donors (Lipinski definition) is 0. The van der Waals surface area contributed by atoms with Crippen molar-refractivity contribution in [1.29, 1.82) is 5.26 Å². The Morgan fingerprint density at radius 2 is 2.04 bits per heavy atom. The Hall–Kier alpha value is -2.87. The minimum Gasteiger partial charge on any atom is -0.445 e. The van der Waals surface area contributed by atoms with Crippen molar-refractivity contribution in [3.63, 3.8) is 0 Å². The monoisotopic (exact) mass is 338 g/mol. The van der Waals surface area contributed by atoms with Gasteiger partial charge in [-0.15, -0.1) is 0 Å². The zero-order valence-corrected chi connectivity index (χ0v) is 13.8. The lowest BCUT2D eigenvalue weighted by Crippen LogP contribution is -2.29. The molecule has 1 amide bonds. The molecule has 25 heavy (non-hydrogen) atoms. The van der Waals surface area contributed by atoms with Crippen LogP contribution in [0.1, 0.15) is 23.1 Å². The molecule has 2 aromatic carbocycles. The van der Waals surface area contributed by atoms with Crippen molar-refractivity contribution in [1.82, 2.24) is 4.90 Å². The summed E-state index contributed by atoms with van der Waals surface area (Å²) in [5, 5.41) is 8.91. The van der Waals surface area contributed by atoms with Crippen LogP contribution < -0.4 is 0 Å². The highest BCUT2D eigenvalue weighted by molar-refractivity contribution is 5.68. The number of carbonyl (C=O) groups excluding carboxylic acids is 1. The summed E-state index contributed by atoms with van der Waals surface area (Å²) in [5.41, 5.74) is 1.94. The molecule has 1 aliphatic rings. The van der Waals surface area contributed by atoms with Crippen LogP contribution in [0.5, 0.6) is 0 Å². The highest BCUT2D eigenvalue weighted by Crippen LogP contribution is 2.23. The SMILES string of the molecule is N#Cc1cc(CC2CCN(C(=O)OCc3ccccc3)C2)ccc1F. The molecular formula is C20H19FN2O2. The largest absolute Gasteiger partial charge is 0.445 e. The molecule has 4 nitrogen and oxygen atoms in total. The smallest absolute Gasteiger partial charge is 0.410 e. The van der Waals surface area contributed by atoms with Gasteiger partial charge in [0.2, 0.25) is 0 Å². The molecule has 0 aromatic heterocycles. The van der Waals surface area contributed by atoms with Gasteiger partial charge >= 0.3 is 6.09 Å². The number of likely N-dealkylation sites (tertiary alicyclic amines) is 1. The summed E-state index contributed by atoms with van der Waals surface area (Å²) in [6.07, 6.45) is 1.29. The molecule has 2 aromatic rings. The average molecular weight is 338 g/mol. The molecule has 0 aliphatic carbocycles. The zero-order valence-electron chi connectivity index (χ0n) is 13.8. The van der Waals surface area contributed by atoms with E-state index in [2.05, 4.69) is 0 Å². The van der Waals surface area contributed by atoms with Gasteiger partial charge in [-0.2, -0.15) is 5.26 Å². The predicted octanol–water partition coefficient (Wildman–Crippen LogP) is 3.90. The van der Waals surface area contributed by atoms with Gasteiger partial charge in [0.25, 0.3) is 0 Å². The fourth-order valence-corrected chi connectivity index (χ4v) is 3.09. The lowest BCUT2D eigenvalue weighted by molar-refractivity contribution is 0.103. The second kappa shape index (κ2) is 7.80. The summed E-state index contributed by atoms with van der Waals surface area (Å²) in [4.78, 5) is 13.9. The van der Waals surface area contributed by atoms with Crippen LogP contribution in [0.4, 0.5) is 9.18 Å². The van der Waals surface area contributed by atoms with Crippen LogP contribution in [0, 0.1) is 23.1 Å². The molecule has 5 heteroatoms. The molecule has 0 saturated carbocycles. The number of hydrogen-bond acceptors (Lipinski definition) is 3. The minimum atomic E-state index is -0.496. The first kappa shape index (κ1) is 17.0. The molecule has 0 bridgehead atoms. The van der Waals surface area contributed by atoms with Crippen molar-refractivity contribution in [2.24, 2.45) is 5.92 Å². The number of nitriles is 1. The molecule has 1 heterocycles. The molecular weight excluding hydrogens is 319 g/mol. The summed E-state index contributed by atoms with van der Waals surface area (Å²) >= 11 is 0. The average Bonchev–Trinajstić information content (AvgIpc) is 3.11. The summed E-state index contributed by atoms with van der Waals surface area (Å²) in [6, 6.07) is 16.1. The lowest BCUT2D eigenvalue weighted by atomic mass is 9.97. The van der Waals surface area contributed by atoms with Gasteiger partial charge in [0, 0.05) is 13.1 Å². The molecule has 1 saturated heterocycles. The highest BCUT2D eigenvalue weighted by atomic mass is 19.1. The Morgan fingerprint density at radius 1 is 1.24 bits per heavy atom. The second-order valence-corrected chi connectivity index (χ2v) is 6.27. The molecule has 0 N–H and O–H groups in total. The first-order chi connectivity index (χ1) is 12.2. The number of amides is 1. The molecule has 128 valence electrons. The van der Waals surface area contributed by atoms with Gasteiger partial charge in [-0.3, -0.25) is 0 Å². The van der Waals surface area contributed by atoms with Crippen LogP contribution in [0.15, 0.2) is 48.5 Å². The van der Waals surface area contributed by atoms with Gasteiger partial charge in [0.05, 0.1) is 5.56 Å². The van der Waals surface area contributed by atoms with E-state index in [0.29, 0.717) is 19.0 Å². The van der Waals surface area contributed by atoms with Crippen molar-refractivity contribution in [2.45, 2.75) is 19.4 Å². The number of ether oxygens (including phenoxy) is 1. The maximum Gasteiger partial charge on any atom is 0.410 e. The van der Waals surface area contributed by atoms with E-state index >= 15 is 0 Å². The predicted molar refractivity (Wildman–Crippen MR) is 91.1 cm³/mol. The van der Waals surface area contributed by atoms with Crippen LogP contribution in [-0.2, 0) is 17.8 Å². The Balaban J connectivity index is 1.51. The van der Waals surface area contributed by atoms with E-state index in [4.69, 9.17) is 10.00 Å². The number of nitrogens with zero attached hydrogens (tertiary/aromatic N) is 2. The van der Waals surface area contributed by atoms with Gasteiger partial charge in [-0.05, 0) is 42.0 Å². The van der Waals surface area contributed by atoms with E-state index in [1.54, 1.807) is 17.0 Å². The van der Waals surface area contributed by atoms with E-state index in [0.717, 1.165) is 24.0 Å². The minimum absolute atomic E-state index is 0.0645. The Bertz CT molecular complexity index is 786. The first-order valence-electron chi connectivity index (χ1n) is 8.30. The quantitative estimate of drug-likeness (QED) is 0.849. The van der Waals surface area contributed by atoms with Crippen molar-refractivity contribution in [3.05, 3.63) is 71.0 Å². The first-order valence-corrected chi connectivity index (χ1v) is 8.30. The van der Waals surface area contributed by atoms with E-state index in [1.807, 2.05) is 36.4 Å². The van der Waals surface area contributed by atoms with E-state index in [9.17, 15) is 9.18 Å². The number of benzene rings is 2. The summed E-state index contributed by atoms with van der Waals surface area (Å²) in [6.45, 7) is 1.54. The van der Waals surface area contributed by atoms with Crippen molar-refractivity contribution < 1.29 is 13.9 Å². The van der Waals surface area contributed by atoms with Crippen molar-refractivity contribution in [3.8, 4) is 6.07 Å². The van der Waals surface area contributed by atoms with Gasteiger partial charge < -0.3 is 9.64 Å². The summed E-state index contributed by atoms with van der Waals surface area (Å²) in [7, 11) is 0. The van der Waals surface area contributed by atoms with E-state index in [-0.39, 0.29) is 18.3 Å². The molecule has 1 atom stereocenters. The third-order valence-electron chi connectivity index (χ3n) is 4.42. The molecule has 0 radical (unpaired) electrons. The molecule has 3 rings (SSSR count). The van der Waals surface area contributed by atoms with Crippen LogP contribution in [0.25, 0.3) is 0 Å². The number of carbonyl (C=O) groups is 1. The summed E-state index contributed by atoms with van der Waals surface area (Å²) < 4.78 is 18.7. The van der Waals surface area contributed by atoms with Crippen LogP contribution in [0.2, 0.25) is 0 Å². The molecule has 1 aliphatic heterocycles. The normalized spacial score (nSPS) is 16.5. The highest BCUT2D eigenvalue weighted by Gasteiger charge is 2.27. The molecule has 0 spiro atoms. The molecule has 1 fully saturated rings. The van der Waals surface area contributed by atoms with Gasteiger partial charge in [-0.1, -0.05) is 36.4 Å². The van der Waals surface area contributed by atoms with E-state index in [1.165, 1.54) is 6.07 Å². The van der Waals surface area contributed by atoms with Crippen molar-refractivity contribution in [2.75, 3.05) is 13.1 Å². The van der Waals surface area contributed by atoms with Crippen LogP contribution in [-0.4, -0.2) is 24.1 Å². The van der Waals surface area contributed by atoms with Crippen molar-refractivity contribution >= 4 is 6.09 Å². The maximum absolute atomic E-state index is 13.4. The van der Waals surface area contributed by atoms with Crippen LogP contribution >= 0.6 is 0 Å². The fourth-order valence-electron chi connectivity index (χ4n) is 3.09. The van der Waals surface area contributed by atoms with Gasteiger partial charge in [0.15, 0.2) is 0 Å². The fraction of sp³-hybridized carbons (Fsp3) is 0.300. The van der Waals surface area contributed by atoms with E-state index < -0.39 is 5.82 Å². The zero-order chi connectivity index (χ0) is 17.6. The Kier molecular flexibility index (Phi) is 5.30.